The summed E-state index contributed by atoms with van der Waals surface area (Å²) in [5.74, 6) is 2.83. The van der Waals surface area contributed by atoms with E-state index >= 15 is 0 Å². The van der Waals surface area contributed by atoms with Crippen LogP contribution in [0.3, 0.4) is 0 Å². The molecule has 31 heavy (non-hydrogen) atoms. The van der Waals surface area contributed by atoms with Crippen molar-refractivity contribution in [3.63, 3.8) is 0 Å². The van der Waals surface area contributed by atoms with Gasteiger partial charge in [-0.3, -0.25) is 4.79 Å². The van der Waals surface area contributed by atoms with Crippen LogP contribution in [0.1, 0.15) is 24.8 Å². The predicted molar refractivity (Wildman–Crippen MR) is 119 cm³/mol. The van der Waals surface area contributed by atoms with Crippen LogP contribution < -0.4 is 14.2 Å². The highest BCUT2D eigenvalue weighted by atomic mass is 16.5. The lowest BCUT2D eigenvalue weighted by Crippen LogP contribution is -2.33. The van der Waals surface area contributed by atoms with Crippen molar-refractivity contribution in [3.8, 4) is 28.4 Å². The Kier molecular flexibility index (Phi) is 5.48. The molecule has 1 saturated heterocycles. The van der Waals surface area contributed by atoms with E-state index < -0.39 is 0 Å². The van der Waals surface area contributed by atoms with E-state index in [1.165, 1.54) is 0 Å². The van der Waals surface area contributed by atoms with Crippen LogP contribution in [-0.2, 0) is 11.3 Å². The van der Waals surface area contributed by atoms with E-state index in [0.29, 0.717) is 19.7 Å². The Morgan fingerprint density at radius 3 is 2.71 bits per heavy atom. The Balaban J connectivity index is 1.52. The molecule has 1 amide bonds. The minimum absolute atomic E-state index is 0.144. The number of amides is 1. The number of carbonyl (C=O) groups is 1. The van der Waals surface area contributed by atoms with Crippen LogP contribution in [0.25, 0.3) is 11.1 Å². The van der Waals surface area contributed by atoms with E-state index in [-0.39, 0.29) is 17.9 Å². The number of rotatable bonds is 5. The number of benzene rings is 2. The van der Waals surface area contributed by atoms with Gasteiger partial charge in [0.1, 0.15) is 18.5 Å². The molecule has 0 bridgehead atoms. The molecular weight excluding hydrogens is 392 g/mol. The third-order valence-corrected chi connectivity index (χ3v) is 6.38. The summed E-state index contributed by atoms with van der Waals surface area (Å²) in [4.78, 5) is 17.0. The first-order valence-corrected chi connectivity index (χ1v) is 11.2. The number of hydrogen-bond donors (Lipinski definition) is 0. The van der Waals surface area contributed by atoms with Crippen LogP contribution in [0, 0.1) is 5.92 Å². The Morgan fingerprint density at radius 1 is 1.10 bits per heavy atom. The Hall–Kier alpha value is -2.73. The summed E-state index contributed by atoms with van der Waals surface area (Å²) in [7, 11) is 3.80. The maximum absolute atomic E-state index is 12.8. The van der Waals surface area contributed by atoms with Crippen molar-refractivity contribution >= 4 is 5.91 Å². The molecule has 3 aliphatic rings. The van der Waals surface area contributed by atoms with Crippen LogP contribution in [0.4, 0.5) is 0 Å². The molecule has 2 aromatic rings. The number of nitrogens with zero attached hydrogens (tertiary/aromatic N) is 2. The maximum atomic E-state index is 12.8. The van der Waals surface area contributed by atoms with Crippen LogP contribution in [-0.4, -0.2) is 62.2 Å². The summed E-state index contributed by atoms with van der Waals surface area (Å²) >= 11 is 0. The van der Waals surface area contributed by atoms with Crippen molar-refractivity contribution in [2.45, 2.75) is 31.9 Å². The van der Waals surface area contributed by atoms with Crippen molar-refractivity contribution in [1.29, 1.82) is 0 Å². The lowest BCUT2D eigenvalue weighted by molar-refractivity contribution is -0.133. The zero-order chi connectivity index (χ0) is 21.4. The normalized spacial score (nSPS) is 21.2. The molecule has 2 aromatic carbocycles. The molecule has 6 heteroatoms. The van der Waals surface area contributed by atoms with Crippen molar-refractivity contribution < 1.29 is 19.0 Å². The van der Waals surface area contributed by atoms with Crippen LogP contribution >= 0.6 is 0 Å². The van der Waals surface area contributed by atoms with E-state index in [0.717, 1.165) is 66.3 Å². The highest BCUT2D eigenvalue weighted by Crippen LogP contribution is 2.41. The topological polar surface area (TPSA) is 51.2 Å². The van der Waals surface area contributed by atoms with Gasteiger partial charge in [-0.25, -0.2) is 0 Å². The van der Waals surface area contributed by atoms with Gasteiger partial charge >= 0.3 is 0 Å². The highest BCUT2D eigenvalue weighted by molar-refractivity contribution is 5.81. The van der Waals surface area contributed by atoms with Crippen molar-refractivity contribution in [3.05, 3.63) is 42.0 Å². The first-order chi connectivity index (χ1) is 15.1. The quantitative estimate of drug-likeness (QED) is 0.737. The van der Waals surface area contributed by atoms with Crippen LogP contribution in [0.5, 0.6) is 17.2 Å². The van der Waals surface area contributed by atoms with E-state index in [9.17, 15) is 4.79 Å². The van der Waals surface area contributed by atoms with Gasteiger partial charge < -0.3 is 24.0 Å². The second kappa shape index (κ2) is 8.42. The molecule has 2 heterocycles. The number of methoxy groups -OCH3 is 1. The predicted octanol–water partition coefficient (Wildman–Crippen LogP) is 3.58. The van der Waals surface area contributed by atoms with Gasteiger partial charge in [0, 0.05) is 31.1 Å². The highest BCUT2D eigenvalue weighted by Gasteiger charge is 2.35. The molecule has 0 N–H and O–H groups in total. The first kappa shape index (κ1) is 20.2. The molecule has 164 valence electrons. The molecule has 1 aliphatic carbocycles. The molecule has 0 radical (unpaired) electrons. The fraction of sp³-hybridized carbons (Fsp3) is 0.480. The summed E-state index contributed by atoms with van der Waals surface area (Å²) in [6, 6.07) is 12.2. The maximum Gasteiger partial charge on any atom is 0.226 e. The molecule has 0 aromatic heterocycles. The lowest BCUT2D eigenvalue weighted by Gasteiger charge is -2.21. The molecule has 2 aliphatic heterocycles. The van der Waals surface area contributed by atoms with Crippen molar-refractivity contribution in [2.75, 3.05) is 40.4 Å². The van der Waals surface area contributed by atoms with Crippen LogP contribution in [0.15, 0.2) is 36.4 Å². The Labute approximate surface area is 183 Å². The molecule has 5 rings (SSSR count). The molecular formula is C25H30N2O4. The summed E-state index contributed by atoms with van der Waals surface area (Å²) in [6.07, 6.45) is 3.17. The summed E-state index contributed by atoms with van der Waals surface area (Å²) < 4.78 is 18.1. The zero-order valence-electron chi connectivity index (χ0n) is 18.3. The van der Waals surface area contributed by atoms with Gasteiger partial charge in [-0.1, -0.05) is 12.1 Å². The fourth-order valence-corrected chi connectivity index (χ4v) is 4.49. The number of likely N-dealkylation sites (N-methyl/N-ethyl adjacent to an activating group) is 1. The van der Waals surface area contributed by atoms with Gasteiger partial charge in [-0.15, -0.1) is 0 Å². The number of ether oxygens (including phenoxy) is 3. The zero-order valence-corrected chi connectivity index (χ0v) is 18.3. The Bertz CT molecular complexity index is 972. The average Bonchev–Trinajstić information content (AvgIpc) is 3.58. The first-order valence-electron chi connectivity index (χ1n) is 11.2. The van der Waals surface area contributed by atoms with Gasteiger partial charge in [0.05, 0.1) is 13.7 Å². The number of hydrogen-bond acceptors (Lipinski definition) is 5. The van der Waals surface area contributed by atoms with Gasteiger partial charge in [-0.05, 0) is 61.7 Å². The van der Waals surface area contributed by atoms with Gasteiger partial charge in [0.2, 0.25) is 5.91 Å². The SMILES string of the molecule is COc1cccc(-c2cc3c(c(OC4CCN(C)C4)c2)OCCN(C(=O)C2CC2)C3)c1. The Morgan fingerprint density at radius 2 is 1.97 bits per heavy atom. The smallest absolute Gasteiger partial charge is 0.226 e. The monoisotopic (exact) mass is 422 g/mol. The third kappa shape index (κ3) is 4.35. The van der Waals surface area contributed by atoms with Crippen LogP contribution in [0.2, 0.25) is 0 Å². The molecule has 1 saturated carbocycles. The van der Waals surface area contributed by atoms with E-state index in [1.54, 1.807) is 7.11 Å². The molecule has 1 atom stereocenters. The standard InChI is InChI=1S/C25H30N2O4/c1-26-9-8-22(16-26)31-23-14-19(18-4-3-5-21(13-18)29-2)12-20-15-27(10-11-30-24(20)23)25(28)17-6-7-17/h3-5,12-14,17,22H,6-11,15-16H2,1-2H3. The third-order valence-electron chi connectivity index (χ3n) is 6.38. The average molecular weight is 423 g/mol. The van der Waals surface area contributed by atoms with E-state index in [2.05, 4.69) is 30.1 Å². The molecule has 6 nitrogen and oxygen atoms in total. The second-order valence-electron chi connectivity index (χ2n) is 8.87. The van der Waals surface area contributed by atoms with E-state index in [1.807, 2.05) is 23.1 Å². The van der Waals surface area contributed by atoms with E-state index in [4.69, 9.17) is 14.2 Å². The van der Waals surface area contributed by atoms with Gasteiger partial charge in [0.15, 0.2) is 11.5 Å². The number of fused-ring (bicyclic) bond motifs is 1. The summed E-state index contributed by atoms with van der Waals surface area (Å²) in [5, 5.41) is 0. The minimum atomic E-state index is 0.144. The van der Waals surface area contributed by atoms with Crippen molar-refractivity contribution in [1.82, 2.24) is 9.80 Å². The number of likely N-dealkylation sites (tertiary alicyclic amines) is 1. The van der Waals surface area contributed by atoms with Gasteiger partial charge in [0.25, 0.3) is 0 Å². The molecule has 0 spiro atoms. The van der Waals surface area contributed by atoms with Gasteiger partial charge in [-0.2, -0.15) is 0 Å². The summed E-state index contributed by atoms with van der Waals surface area (Å²) in [5.41, 5.74) is 3.11. The molecule has 1 unspecified atom stereocenters. The second-order valence-corrected chi connectivity index (χ2v) is 8.87. The van der Waals surface area contributed by atoms with Crippen molar-refractivity contribution in [2.24, 2.45) is 5.92 Å². The summed E-state index contributed by atoms with van der Waals surface area (Å²) in [6.45, 7) is 3.61. The number of carbonyl (C=O) groups excluding carboxylic acids is 1. The fourth-order valence-electron chi connectivity index (χ4n) is 4.49. The molecule has 2 fully saturated rings. The minimum Gasteiger partial charge on any atom is -0.497 e. The lowest BCUT2D eigenvalue weighted by atomic mass is 10.0. The largest absolute Gasteiger partial charge is 0.497 e.